The molecule has 0 aliphatic heterocycles. The first kappa shape index (κ1) is 22.3. The van der Waals surface area contributed by atoms with Crippen LogP contribution in [0, 0.1) is 12.7 Å². The molecule has 2 aromatic carbocycles. The van der Waals surface area contributed by atoms with Gasteiger partial charge in [0, 0.05) is 30.3 Å². The first-order valence-electron chi connectivity index (χ1n) is 10.3. The molecule has 0 aliphatic rings. The lowest BCUT2D eigenvalue weighted by Gasteiger charge is -2.21. The number of rotatable bonds is 9. The summed E-state index contributed by atoms with van der Waals surface area (Å²) < 4.78 is 18.9. The Kier molecular flexibility index (Phi) is 7.23. The number of hydrogen-bond donors (Lipinski definition) is 2. The van der Waals surface area contributed by atoms with Crippen molar-refractivity contribution in [3.63, 3.8) is 0 Å². The Labute approximate surface area is 181 Å². The number of aromatic nitrogens is 1. The number of nitrogens with one attached hydrogen (secondary N) is 1. The third-order valence-electron chi connectivity index (χ3n) is 5.41. The minimum absolute atomic E-state index is 0.205. The number of aromatic carboxylic acids is 1. The topological polar surface area (TPSA) is 71.5 Å². The van der Waals surface area contributed by atoms with Crippen molar-refractivity contribution < 1.29 is 19.0 Å². The molecule has 0 fully saturated rings. The SMILES string of the molecule is CCCC(CNc1cnccc1C(=O)O)c1ccc(-c2ccc(F)cc2OC)cc1C. The van der Waals surface area contributed by atoms with Gasteiger partial charge in [0.1, 0.15) is 11.6 Å². The Morgan fingerprint density at radius 2 is 2.03 bits per heavy atom. The largest absolute Gasteiger partial charge is 0.496 e. The molecule has 1 heterocycles. The second-order valence-corrected chi connectivity index (χ2v) is 7.51. The second-order valence-electron chi connectivity index (χ2n) is 7.51. The van der Waals surface area contributed by atoms with Crippen LogP contribution in [0.5, 0.6) is 5.75 Å². The highest BCUT2D eigenvalue weighted by molar-refractivity contribution is 5.93. The summed E-state index contributed by atoms with van der Waals surface area (Å²) in [7, 11) is 1.53. The van der Waals surface area contributed by atoms with Crippen molar-refractivity contribution in [2.75, 3.05) is 19.0 Å². The zero-order valence-electron chi connectivity index (χ0n) is 18.0. The molecule has 0 bridgehead atoms. The molecule has 31 heavy (non-hydrogen) atoms. The van der Waals surface area contributed by atoms with E-state index in [-0.39, 0.29) is 17.3 Å². The van der Waals surface area contributed by atoms with E-state index < -0.39 is 5.97 Å². The Morgan fingerprint density at radius 1 is 1.23 bits per heavy atom. The zero-order chi connectivity index (χ0) is 22.4. The molecule has 2 N–H and O–H groups in total. The average molecular weight is 423 g/mol. The lowest BCUT2D eigenvalue weighted by atomic mass is 9.88. The van der Waals surface area contributed by atoms with Gasteiger partial charge in [-0.1, -0.05) is 31.5 Å². The van der Waals surface area contributed by atoms with Gasteiger partial charge in [0.15, 0.2) is 0 Å². The van der Waals surface area contributed by atoms with Crippen LogP contribution in [0.3, 0.4) is 0 Å². The van der Waals surface area contributed by atoms with Crippen LogP contribution in [0.2, 0.25) is 0 Å². The molecule has 162 valence electrons. The van der Waals surface area contributed by atoms with Gasteiger partial charge in [-0.05, 0) is 48.2 Å². The van der Waals surface area contributed by atoms with E-state index in [1.807, 2.05) is 6.07 Å². The fraction of sp³-hybridized carbons (Fsp3) is 0.280. The van der Waals surface area contributed by atoms with Crippen molar-refractivity contribution in [2.45, 2.75) is 32.6 Å². The Hall–Kier alpha value is -3.41. The fourth-order valence-electron chi connectivity index (χ4n) is 3.88. The molecular weight excluding hydrogens is 395 g/mol. The lowest BCUT2D eigenvalue weighted by Crippen LogP contribution is -2.16. The van der Waals surface area contributed by atoms with E-state index in [0.29, 0.717) is 18.0 Å². The van der Waals surface area contributed by atoms with Crippen LogP contribution in [0.4, 0.5) is 10.1 Å². The molecule has 3 aromatic rings. The van der Waals surface area contributed by atoms with Gasteiger partial charge in [-0.3, -0.25) is 4.98 Å². The van der Waals surface area contributed by atoms with E-state index in [9.17, 15) is 14.3 Å². The molecule has 1 aromatic heterocycles. The minimum Gasteiger partial charge on any atom is -0.496 e. The van der Waals surface area contributed by atoms with Crippen molar-refractivity contribution in [1.82, 2.24) is 4.98 Å². The van der Waals surface area contributed by atoms with Gasteiger partial charge < -0.3 is 15.2 Å². The third-order valence-corrected chi connectivity index (χ3v) is 5.41. The zero-order valence-corrected chi connectivity index (χ0v) is 18.0. The molecule has 5 nitrogen and oxygen atoms in total. The van der Waals surface area contributed by atoms with Crippen LogP contribution in [-0.4, -0.2) is 29.7 Å². The van der Waals surface area contributed by atoms with Gasteiger partial charge >= 0.3 is 5.97 Å². The molecule has 0 saturated heterocycles. The van der Waals surface area contributed by atoms with Crippen molar-refractivity contribution in [1.29, 1.82) is 0 Å². The van der Waals surface area contributed by atoms with Crippen molar-refractivity contribution >= 4 is 11.7 Å². The number of carboxylic acids is 1. The summed E-state index contributed by atoms with van der Waals surface area (Å²) in [6.07, 6.45) is 4.97. The lowest BCUT2D eigenvalue weighted by molar-refractivity contribution is 0.0697. The van der Waals surface area contributed by atoms with Crippen LogP contribution in [0.25, 0.3) is 11.1 Å². The molecule has 0 aliphatic carbocycles. The summed E-state index contributed by atoms with van der Waals surface area (Å²) in [5.74, 6) is -0.613. The summed E-state index contributed by atoms with van der Waals surface area (Å²) >= 11 is 0. The first-order valence-corrected chi connectivity index (χ1v) is 10.3. The molecule has 0 radical (unpaired) electrons. The third kappa shape index (κ3) is 5.20. The summed E-state index contributed by atoms with van der Waals surface area (Å²) in [4.78, 5) is 15.5. The number of carboxylic acid groups (broad SMARTS) is 1. The Balaban J connectivity index is 1.86. The van der Waals surface area contributed by atoms with E-state index in [4.69, 9.17) is 4.74 Å². The van der Waals surface area contributed by atoms with Gasteiger partial charge in [0.05, 0.1) is 24.6 Å². The van der Waals surface area contributed by atoms with Gasteiger partial charge in [0.25, 0.3) is 0 Å². The summed E-state index contributed by atoms with van der Waals surface area (Å²) in [6.45, 7) is 4.79. The number of nitrogens with zero attached hydrogens (tertiary/aromatic N) is 1. The first-order chi connectivity index (χ1) is 14.9. The van der Waals surface area contributed by atoms with Gasteiger partial charge in [-0.2, -0.15) is 0 Å². The average Bonchev–Trinajstić information content (AvgIpc) is 2.76. The molecule has 0 spiro atoms. The fourth-order valence-corrected chi connectivity index (χ4v) is 3.88. The number of halogens is 1. The van der Waals surface area contributed by atoms with Crippen LogP contribution < -0.4 is 10.1 Å². The molecule has 6 heteroatoms. The summed E-state index contributed by atoms with van der Waals surface area (Å²) in [5, 5.41) is 12.7. The predicted molar refractivity (Wildman–Crippen MR) is 120 cm³/mol. The Morgan fingerprint density at radius 3 is 2.71 bits per heavy atom. The maximum Gasteiger partial charge on any atom is 0.337 e. The number of pyridine rings is 1. The molecule has 1 atom stereocenters. The van der Waals surface area contributed by atoms with Crippen LogP contribution in [0.15, 0.2) is 54.9 Å². The monoisotopic (exact) mass is 422 g/mol. The number of anilines is 1. The maximum atomic E-state index is 13.6. The molecule has 0 amide bonds. The molecule has 0 saturated carbocycles. The number of methoxy groups -OCH3 is 1. The maximum absolute atomic E-state index is 13.6. The van der Waals surface area contributed by atoms with Crippen LogP contribution in [0.1, 0.15) is 47.2 Å². The van der Waals surface area contributed by atoms with Crippen molar-refractivity contribution in [3.8, 4) is 16.9 Å². The van der Waals surface area contributed by atoms with Crippen LogP contribution in [-0.2, 0) is 0 Å². The second kappa shape index (κ2) is 10.1. The quantitative estimate of drug-likeness (QED) is 0.449. The molecule has 3 rings (SSSR count). The predicted octanol–water partition coefficient (Wildman–Crippen LogP) is 5.90. The van der Waals surface area contributed by atoms with Gasteiger partial charge in [0.2, 0.25) is 0 Å². The highest BCUT2D eigenvalue weighted by atomic mass is 19.1. The van der Waals surface area contributed by atoms with E-state index >= 15 is 0 Å². The van der Waals surface area contributed by atoms with Gasteiger partial charge in [-0.15, -0.1) is 0 Å². The summed E-state index contributed by atoms with van der Waals surface area (Å²) in [5.41, 5.74) is 4.84. The standard InChI is InChI=1S/C25H27FN2O3/c1-4-5-18(14-28-23-15-27-11-10-22(23)25(29)30)20-8-6-17(12-16(20)2)21-9-7-19(26)13-24(21)31-3/h6-13,15,18,28H,4-5,14H2,1-3H3,(H,29,30). The van der Waals surface area contributed by atoms with E-state index in [1.54, 1.807) is 12.3 Å². The van der Waals surface area contributed by atoms with E-state index in [0.717, 1.165) is 29.5 Å². The highest BCUT2D eigenvalue weighted by Gasteiger charge is 2.17. The number of carbonyl (C=O) groups is 1. The highest BCUT2D eigenvalue weighted by Crippen LogP contribution is 2.34. The van der Waals surface area contributed by atoms with E-state index in [2.05, 4.69) is 36.3 Å². The number of ether oxygens (including phenoxy) is 1. The van der Waals surface area contributed by atoms with E-state index in [1.165, 1.54) is 37.1 Å². The number of hydrogen-bond acceptors (Lipinski definition) is 4. The van der Waals surface area contributed by atoms with Crippen molar-refractivity contribution in [2.24, 2.45) is 0 Å². The molecule has 1 unspecified atom stereocenters. The van der Waals surface area contributed by atoms with Crippen molar-refractivity contribution in [3.05, 3.63) is 77.4 Å². The Bertz CT molecular complexity index is 1070. The smallest absolute Gasteiger partial charge is 0.337 e. The normalized spacial score (nSPS) is 11.7. The number of benzene rings is 2. The minimum atomic E-state index is -0.981. The molecular formula is C25H27FN2O3. The van der Waals surface area contributed by atoms with Gasteiger partial charge in [-0.25, -0.2) is 9.18 Å². The number of aryl methyl sites for hydroxylation is 1. The van der Waals surface area contributed by atoms with Crippen LogP contribution >= 0.6 is 0 Å². The summed E-state index contributed by atoms with van der Waals surface area (Å²) in [6, 6.07) is 12.2.